The molecule has 2 rings (SSSR count). The second-order valence-electron chi connectivity index (χ2n) is 4.07. The minimum Gasteiger partial charge on any atom is -0.492 e. The topological polar surface area (TPSA) is 48.1 Å². The van der Waals surface area contributed by atoms with Gasteiger partial charge in [-0.15, -0.1) is 0 Å². The van der Waals surface area contributed by atoms with E-state index in [2.05, 4.69) is 16.8 Å². The van der Waals surface area contributed by atoms with Crippen molar-refractivity contribution in [2.75, 3.05) is 13.2 Å². The summed E-state index contributed by atoms with van der Waals surface area (Å²) in [5, 5.41) is 0. The molecule has 0 bridgehead atoms. The molecule has 0 amide bonds. The van der Waals surface area contributed by atoms with Crippen LogP contribution in [0.4, 0.5) is 4.39 Å². The van der Waals surface area contributed by atoms with E-state index >= 15 is 0 Å². The van der Waals surface area contributed by atoms with Crippen molar-refractivity contribution >= 4 is 0 Å². The van der Waals surface area contributed by atoms with Crippen LogP contribution in [0.1, 0.15) is 11.3 Å². The highest BCUT2D eigenvalue weighted by molar-refractivity contribution is 5.46. The van der Waals surface area contributed by atoms with Crippen LogP contribution in [0, 0.1) is 17.7 Å². The zero-order valence-electron chi connectivity index (χ0n) is 11.0. The third-order valence-electron chi connectivity index (χ3n) is 2.61. The summed E-state index contributed by atoms with van der Waals surface area (Å²) in [5.41, 5.74) is 6.78. The van der Waals surface area contributed by atoms with Gasteiger partial charge in [-0.25, -0.2) is 4.39 Å². The number of hydrogen-bond donors (Lipinski definition) is 1. The van der Waals surface area contributed by atoms with Crippen LogP contribution in [0.2, 0.25) is 0 Å². The first-order valence-corrected chi connectivity index (χ1v) is 6.31. The van der Waals surface area contributed by atoms with Gasteiger partial charge in [-0.2, -0.15) is 0 Å². The maximum Gasteiger partial charge on any atom is 0.135 e. The van der Waals surface area contributed by atoms with E-state index in [-0.39, 0.29) is 12.4 Å². The lowest BCUT2D eigenvalue weighted by molar-refractivity contribution is 0.319. The number of aromatic nitrogens is 1. The lowest BCUT2D eigenvalue weighted by atomic mass is 10.2. The summed E-state index contributed by atoms with van der Waals surface area (Å²) in [5.74, 6) is 5.72. The maximum atomic E-state index is 13.2. The Kier molecular flexibility index (Phi) is 5.10. The largest absolute Gasteiger partial charge is 0.492 e. The number of rotatable bonds is 4. The Hall–Kier alpha value is -2.38. The molecule has 0 unspecified atom stereocenters. The van der Waals surface area contributed by atoms with Gasteiger partial charge < -0.3 is 10.5 Å². The smallest absolute Gasteiger partial charge is 0.135 e. The minimum absolute atomic E-state index is 0.226. The minimum atomic E-state index is -0.344. The molecular formula is C16H15FN2O. The Morgan fingerprint density at radius 3 is 2.90 bits per heavy atom. The summed E-state index contributed by atoms with van der Waals surface area (Å²) in [4.78, 5) is 4.21. The fourth-order valence-electron chi connectivity index (χ4n) is 1.68. The predicted octanol–water partition coefficient (Wildman–Crippen LogP) is 2.15. The normalized spacial score (nSPS) is 9.70. The van der Waals surface area contributed by atoms with E-state index in [1.54, 1.807) is 12.3 Å². The first-order valence-electron chi connectivity index (χ1n) is 6.31. The van der Waals surface area contributed by atoms with E-state index in [0.29, 0.717) is 24.3 Å². The second kappa shape index (κ2) is 7.27. The summed E-state index contributed by atoms with van der Waals surface area (Å²) >= 11 is 0. The van der Waals surface area contributed by atoms with Crippen molar-refractivity contribution in [1.82, 2.24) is 4.98 Å². The number of hydrogen-bond acceptors (Lipinski definition) is 3. The highest BCUT2D eigenvalue weighted by atomic mass is 19.1. The average Bonchev–Trinajstić information content (AvgIpc) is 2.48. The molecule has 3 nitrogen and oxygen atoms in total. The van der Waals surface area contributed by atoms with E-state index in [0.717, 1.165) is 5.69 Å². The van der Waals surface area contributed by atoms with Gasteiger partial charge in [-0.1, -0.05) is 17.9 Å². The Balaban J connectivity index is 2.02. The van der Waals surface area contributed by atoms with Crippen LogP contribution in [0.3, 0.4) is 0 Å². The zero-order chi connectivity index (χ0) is 14.2. The number of ether oxygens (including phenoxy) is 1. The molecule has 0 saturated carbocycles. The third-order valence-corrected chi connectivity index (χ3v) is 2.61. The fourth-order valence-corrected chi connectivity index (χ4v) is 1.68. The molecule has 0 atom stereocenters. The molecule has 0 aliphatic rings. The summed E-state index contributed by atoms with van der Waals surface area (Å²) in [6.45, 7) is 0.684. The Labute approximate surface area is 117 Å². The molecule has 4 heteroatoms. The van der Waals surface area contributed by atoms with Gasteiger partial charge in [0.25, 0.3) is 0 Å². The van der Waals surface area contributed by atoms with Crippen molar-refractivity contribution in [2.45, 2.75) is 6.42 Å². The first kappa shape index (κ1) is 14.0. The van der Waals surface area contributed by atoms with Crippen LogP contribution < -0.4 is 10.5 Å². The summed E-state index contributed by atoms with van der Waals surface area (Å²) in [6.07, 6.45) is 2.42. The lowest BCUT2D eigenvalue weighted by Crippen LogP contribution is -2.04. The van der Waals surface area contributed by atoms with Gasteiger partial charge >= 0.3 is 0 Å². The molecule has 1 heterocycles. The standard InChI is InChI=1S/C16H15FN2O/c17-14-6-7-16(13(12-14)4-3-9-18)20-11-8-15-5-1-2-10-19-15/h1-2,5-7,10,12H,8-9,11,18H2. The first-order chi connectivity index (χ1) is 9.79. The Morgan fingerprint density at radius 1 is 1.25 bits per heavy atom. The monoisotopic (exact) mass is 270 g/mol. The summed E-state index contributed by atoms with van der Waals surface area (Å²) in [6, 6.07) is 10.0. The third kappa shape index (κ3) is 4.08. The molecule has 1 aromatic heterocycles. The molecule has 0 saturated heterocycles. The molecule has 1 aromatic carbocycles. The van der Waals surface area contributed by atoms with Crippen molar-refractivity contribution in [1.29, 1.82) is 0 Å². The highest BCUT2D eigenvalue weighted by Crippen LogP contribution is 2.18. The molecule has 0 aliphatic carbocycles. The van der Waals surface area contributed by atoms with Gasteiger partial charge in [0.1, 0.15) is 11.6 Å². The van der Waals surface area contributed by atoms with Gasteiger partial charge in [0.05, 0.1) is 18.7 Å². The summed E-state index contributed by atoms with van der Waals surface area (Å²) < 4.78 is 18.8. The number of pyridine rings is 1. The van der Waals surface area contributed by atoms with Crippen molar-refractivity contribution < 1.29 is 9.13 Å². The predicted molar refractivity (Wildman–Crippen MR) is 75.8 cm³/mol. The van der Waals surface area contributed by atoms with Gasteiger partial charge in [-0.3, -0.25) is 4.98 Å². The van der Waals surface area contributed by atoms with E-state index < -0.39 is 0 Å². The van der Waals surface area contributed by atoms with E-state index in [1.165, 1.54) is 12.1 Å². The molecule has 2 aromatic rings. The molecular weight excluding hydrogens is 255 g/mol. The van der Waals surface area contributed by atoms with E-state index in [4.69, 9.17) is 10.5 Å². The van der Waals surface area contributed by atoms with Crippen LogP contribution in [-0.2, 0) is 6.42 Å². The van der Waals surface area contributed by atoms with Crippen LogP contribution >= 0.6 is 0 Å². The van der Waals surface area contributed by atoms with E-state index in [9.17, 15) is 4.39 Å². The molecule has 0 spiro atoms. The fraction of sp³-hybridized carbons (Fsp3) is 0.188. The molecule has 102 valence electrons. The number of benzene rings is 1. The van der Waals surface area contributed by atoms with Gasteiger partial charge in [0.15, 0.2) is 0 Å². The van der Waals surface area contributed by atoms with Crippen molar-refractivity contribution in [2.24, 2.45) is 5.73 Å². The Morgan fingerprint density at radius 2 is 2.15 bits per heavy atom. The molecule has 20 heavy (non-hydrogen) atoms. The average molecular weight is 270 g/mol. The molecule has 0 radical (unpaired) electrons. The van der Waals surface area contributed by atoms with Crippen molar-refractivity contribution in [3.8, 4) is 17.6 Å². The van der Waals surface area contributed by atoms with Gasteiger partial charge in [0.2, 0.25) is 0 Å². The lowest BCUT2D eigenvalue weighted by Gasteiger charge is -2.08. The van der Waals surface area contributed by atoms with Gasteiger partial charge in [0, 0.05) is 18.3 Å². The quantitative estimate of drug-likeness (QED) is 0.866. The maximum absolute atomic E-state index is 13.2. The molecule has 0 aliphatic heterocycles. The number of nitrogens with zero attached hydrogens (tertiary/aromatic N) is 1. The Bertz CT molecular complexity index is 617. The highest BCUT2D eigenvalue weighted by Gasteiger charge is 2.03. The zero-order valence-corrected chi connectivity index (χ0v) is 11.0. The van der Waals surface area contributed by atoms with Crippen LogP contribution in [-0.4, -0.2) is 18.1 Å². The van der Waals surface area contributed by atoms with Crippen molar-refractivity contribution in [3.05, 3.63) is 59.7 Å². The molecule has 0 fully saturated rings. The van der Waals surface area contributed by atoms with Gasteiger partial charge in [-0.05, 0) is 30.3 Å². The number of halogens is 1. The van der Waals surface area contributed by atoms with E-state index in [1.807, 2.05) is 18.2 Å². The molecule has 2 N–H and O–H groups in total. The number of nitrogens with two attached hydrogens (primary N) is 1. The second-order valence-corrected chi connectivity index (χ2v) is 4.07. The summed E-state index contributed by atoms with van der Waals surface area (Å²) in [7, 11) is 0. The SMILES string of the molecule is NCC#Cc1cc(F)ccc1OCCc1ccccn1. The van der Waals surface area contributed by atoms with Crippen LogP contribution in [0.25, 0.3) is 0 Å². The van der Waals surface area contributed by atoms with Crippen molar-refractivity contribution in [3.63, 3.8) is 0 Å². The van der Waals surface area contributed by atoms with Crippen LogP contribution in [0.15, 0.2) is 42.6 Å². The van der Waals surface area contributed by atoms with Crippen LogP contribution in [0.5, 0.6) is 5.75 Å².